The zero-order valence-electron chi connectivity index (χ0n) is 12.0. The Morgan fingerprint density at radius 3 is 2.55 bits per heavy atom. The number of carboxylic acids is 1. The number of nitrogens with one attached hydrogen (secondary N) is 1. The van der Waals surface area contributed by atoms with Crippen LogP contribution in [0.3, 0.4) is 0 Å². The van der Waals surface area contributed by atoms with Gasteiger partial charge in [0.25, 0.3) is 0 Å². The number of carbonyl (C=O) groups is 2. The number of hydrogen-bond acceptors (Lipinski definition) is 4. The second kappa shape index (κ2) is 6.53. The minimum absolute atomic E-state index is 0.0197. The van der Waals surface area contributed by atoms with Gasteiger partial charge in [-0.15, -0.1) is 0 Å². The summed E-state index contributed by atoms with van der Waals surface area (Å²) in [5, 5.41) is 9.23. The number of rotatable bonds is 6. The molecular formula is C12H22N2O5S. The highest BCUT2D eigenvalue weighted by atomic mass is 32.2. The summed E-state index contributed by atoms with van der Waals surface area (Å²) in [6.07, 6.45) is 0.141. The Hall–Kier alpha value is -1.15. The Kier molecular flexibility index (Phi) is 5.52. The molecule has 20 heavy (non-hydrogen) atoms. The lowest BCUT2D eigenvalue weighted by molar-refractivity contribution is -0.154. The van der Waals surface area contributed by atoms with Crippen molar-refractivity contribution in [2.45, 2.75) is 33.2 Å². The number of carboxylic acid groups (broad SMARTS) is 1. The minimum Gasteiger partial charge on any atom is -0.481 e. The molecular weight excluding hydrogens is 284 g/mol. The number of nitrogens with zero attached hydrogens (tertiary/aromatic N) is 1. The number of piperidine rings is 1. The molecule has 0 aliphatic carbocycles. The van der Waals surface area contributed by atoms with Crippen molar-refractivity contribution >= 4 is 21.9 Å². The van der Waals surface area contributed by atoms with Gasteiger partial charge in [-0.1, -0.05) is 13.8 Å². The topological polar surface area (TPSA) is 104 Å². The van der Waals surface area contributed by atoms with Gasteiger partial charge in [0.05, 0.1) is 11.7 Å². The molecule has 8 heteroatoms. The molecule has 7 nitrogen and oxygen atoms in total. The molecule has 1 fully saturated rings. The molecule has 2 N–H and O–H groups in total. The van der Waals surface area contributed by atoms with Gasteiger partial charge in [-0.25, -0.2) is 13.1 Å². The fraction of sp³-hybridized carbons (Fsp3) is 0.833. The van der Waals surface area contributed by atoms with Crippen LogP contribution in [0.1, 0.15) is 27.2 Å². The second-order valence-corrected chi connectivity index (χ2v) is 7.12. The monoisotopic (exact) mass is 306 g/mol. The van der Waals surface area contributed by atoms with Crippen LogP contribution in [0.5, 0.6) is 0 Å². The molecule has 0 aromatic heterocycles. The van der Waals surface area contributed by atoms with Crippen molar-refractivity contribution in [3.05, 3.63) is 0 Å². The smallest absolute Gasteiger partial charge is 0.308 e. The van der Waals surface area contributed by atoms with Crippen LogP contribution in [-0.4, -0.2) is 55.2 Å². The summed E-state index contributed by atoms with van der Waals surface area (Å²) < 4.78 is 25.6. The van der Waals surface area contributed by atoms with Crippen molar-refractivity contribution in [1.29, 1.82) is 0 Å². The molecule has 0 radical (unpaired) electrons. The van der Waals surface area contributed by atoms with Crippen LogP contribution in [0, 0.1) is 11.8 Å². The number of aliphatic carboxylic acids is 1. The third-order valence-corrected chi connectivity index (χ3v) is 5.14. The predicted octanol–water partition coefficient (Wildman–Crippen LogP) is -0.117. The summed E-state index contributed by atoms with van der Waals surface area (Å²) in [4.78, 5) is 24.6. The minimum atomic E-state index is -3.42. The fourth-order valence-corrected chi connectivity index (χ4v) is 3.73. The van der Waals surface area contributed by atoms with Gasteiger partial charge in [-0.2, -0.15) is 0 Å². The number of carbonyl (C=O) groups excluding carboxylic acids is 1. The standard InChI is InChI=1S/C12H22N2O5S/c1-4-13-20(18,19)6-5-14-9(3)11(12(16)17)8(2)7-10(14)15/h8-9,11,13H,4-7H2,1-3H3,(H,16,17). The summed E-state index contributed by atoms with van der Waals surface area (Å²) in [5.41, 5.74) is 0. The predicted molar refractivity (Wildman–Crippen MR) is 73.5 cm³/mol. The number of likely N-dealkylation sites (tertiary alicyclic amines) is 1. The lowest BCUT2D eigenvalue weighted by atomic mass is 9.81. The van der Waals surface area contributed by atoms with E-state index in [-0.39, 0.29) is 30.5 Å². The third-order valence-electron chi connectivity index (χ3n) is 3.69. The van der Waals surface area contributed by atoms with Gasteiger partial charge in [0.1, 0.15) is 0 Å². The third kappa shape index (κ3) is 3.92. The van der Waals surface area contributed by atoms with E-state index in [4.69, 9.17) is 0 Å². The first kappa shape index (κ1) is 16.9. The SMILES string of the molecule is CCNS(=O)(=O)CCN1C(=O)CC(C)C(C(=O)O)C1C. The Bertz CT molecular complexity index is 476. The van der Waals surface area contributed by atoms with Crippen molar-refractivity contribution in [2.24, 2.45) is 11.8 Å². The van der Waals surface area contributed by atoms with Gasteiger partial charge < -0.3 is 10.0 Å². The van der Waals surface area contributed by atoms with Crippen LogP contribution in [0.4, 0.5) is 0 Å². The molecule has 0 bridgehead atoms. The first-order chi connectivity index (χ1) is 9.19. The Labute approximate surface area is 119 Å². The number of sulfonamides is 1. The largest absolute Gasteiger partial charge is 0.481 e. The quantitative estimate of drug-likeness (QED) is 0.712. The molecule has 1 aliphatic heterocycles. The van der Waals surface area contributed by atoms with E-state index in [1.165, 1.54) is 4.90 Å². The zero-order valence-corrected chi connectivity index (χ0v) is 12.8. The summed E-state index contributed by atoms with van der Waals surface area (Å²) in [7, 11) is -3.42. The van der Waals surface area contributed by atoms with Gasteiger partial charge >= 0.3 is 5.97 Å². The molecule has 1 rings (SSSR count). The summed E-state index contributed by atoms with van der Waals surface area (Å²) in [6.45, 7) is 5.38. The van der Waals surface area contributed by atoms with E-state index in [1.807, 2.05) is 0 Å². The maximum Gasteiger partial charge on any atom is 0.308 e. The molecule has 1 amide bonds. The Balaban J connectivity index is 2.78. The van der Waals surface area contributed by atoms with Crippen LogP contribution in [-0.2, 0) is 19.6 Å². The van der Waals surface area contributed by atoms with Crippen molar-refractivity contribution in [1.82, 2.24) is 9.62 Å². The van der Waals surface area contributed by atoms with E-state index in [1.54, 1.807) is 20.8 Å². The molecule has 3 atom stereocenters. The summed E-state index contributed by atoms with van der Waals surface area (Å²) >= 11 is 0. The molecule has 1 heterocycles. The van der Waals surface area contributed by atoms with Crippen LogP contribution >= 0.6 is 0 Å². The average Bonchev–Trinajstić information content (AvgIpc) is 2.26. The average molecular weight is 306 g/mol. The van der Waals surface area contributed by atoms with Gasteiger partial charge in [-0.05, 0) is 12.8 Å². The van der Waals surface area contributed by atoms with Crippen LogP contribution in [0.25, 0.3) is 0 Å². The fourth-order valence-electron chi connectivity index (χ4n) is 2.70. The Morgan fingerprint density at radius 1 is 1.45 bits per heavy atom. The number of amides is 1. The van der Waals surface area contributed by atoms with E-state index in [0.717, 1.165) is 0 Å². The van der Waals surface area contributed by atoms with Gasteiger partial charge in [-0.3, -0.25) is 9.59 Å². The molecule has 0 aromatic carbocycles. The van der Waals surface area contributed by atoms with Crippen LogP contribution in [0.2, 0.25) is 0 Å². The van der Waals surface area contributed by atoms with E-state index >= 15 is 0 Å². The van der Waals surface area contributed by atoms with Crippen LogP contribution in [0.15, 0.2) is 0 Å². The molecule has 116 valence electrons. The second-order valence-electron chi connectivity index (χ2n) is 5.19. The summed E-state index contributed by atoms with van der Waals surface area (Å²) in [6, 6.07) is -0.499. The lowest BCUT2D eigenvalue weighted by Crippen LogP contribution is -2.54. The molecule has 0 saturated carbocycles. The van der Waals surface area contributed by atoms with Crippen molar-refractivity contribution < 1.29 is 23.1 Å². The van der Waals surface area contributed by atoms with E-state index in [2.05, 4.69) is 4.72 Å². The highest BCUT2D eigenvalue weighted by Crippen LogP contribution is 2.29. The van der Waals surface area contributed by atoms with Gasteiger partial charge in [0.2, 0.25) is 15.9 Å². The maximum atomic E-state index is 12.0. The van der Waals surface area contributed by atoms with Crippen molar-refractivity contribution in [3.63, 3.8) is 0 Å². The van der Waals surface area contributed by atoms with E-state index in [9.17, 15) is 23.1 Å². The van der Waals surface area contributed by atoms with E-state index in [0.29, 0.717) is 6.54 Å². The molecule has 1 saturated heterocycles. The van der Waals surface area contributed by atoms with Crippen molar-refractivity contribution in [2.75, 3.05) is 18.8 Å². The molecule has 1 aliphatic rings. The van der Waals surface area contributed by atoms with E-state index < -0.39 is 28.0 Å². The highest BCUT2D eigenvalue weighted by molar-refractivity contribution is 7.89. The van der Waals surface area contributed by atoms with Crippen LogP contribution < -0.4 is 4.72 Å². The van der Waals surface area contributed by atoms with Gasteiger partial charge in [0, 0.05) is 25.6 Å². The first-order valence-corrected chi connectivity index (χ1v) is 8.34. The molecule has 0 aromatic rings. The normalized spacial score (nSPS) is 27.6. The Morgan fingerprint density at radius 2 is 2.05 bits per heavy atom. The molecule has 0 spiro atoms. The van der Waals surface area contributed by atoms with Gasteiger partial charge in [0.15, 0.2) is 0 Å². The zero-order chi connectivity index (χ0) is 15.5. The lowest BCUT2D eigenvalue weighted by Gasteiger charge is -2.40. The maximum absolute atomic E-state index is 12.0. The molecule has 3 unspecified atom stereocenters. The summed E-state index contributed by atoms with van der Waals surface area (Å²) in [5.74, 6) is -2.24. The number of hydrogen-bond donors (Lipinski definition) is 2. The van der Waals surface area contributed by atoms with Crippen molar-refractivity contribution in [3.8, 4) is 0 Å². The first-order valence-electron chi connectivity index (χ1n) is 6.69. The highest BCUT2D eigenvalue weighted by Gasteiger charge is 2.41.